The maximum Gasteiger partial charge on any atom is 4.00 e. The summed E-state index contributed by atoms with van der Waals surface area (Å²) in [6.45, 7) is 25.0. The maximum atomic E-state index is 3.77. The van der Waals surface area contributed by atoms with Crippen LogP contribution >= 0.6 is 15.8 Å². The van der Waals surface area contributed by atoms with E-state index in [0.717, 1.165) is 45.6 Å². The van der Waals surface area contributed by atoms with Crippen LogP contribution in [0.4, 0.5) is 0 Å². The van der Waals surface area contributed by atoms with Crippen LogP contribution < -0.4 is 20.4 Å². The number of aryl methyl sites for hydroxylation is 8. The van der Waals surface area contributed by atoms with Crippen LogP contribution in [0.1, 0.15) is 45.6 Å². The number of nitrogens with zero attached hydrogens (tertiary/aromatic N) is 8. The summed E-state index contributed by atoms with van der Waals surface area (Å²) in [5.41, 5.74) is 7.98. The summed E-state index contributed by atoms with van der Waals surface area (Å²) in [7, 11) is 0.479. The molecule has 37 heavy (non-hydrogen) atoms. The summed E-state index contributed by atoms with van der Waals surface area (Å²) >= 11 is 0. The van der Waals surface area contributed by atoms with E-state index >= 15 is 0 Å². The topological polar surface area (TPSA) is 108 Å². The van der Waals surface area contributed by atoms with Crippen LogP contribution in [0.2, 0.25) is 0 Å². The van der Waals surface area contributed by atoms with Crippen molar-refractivity contribution in [1.82, 2.24) is 40.8 Å². The van der Waals surface area contributed by atoms with Gasteiger partial charge in [0, 0.05) is 42.3 Å². The number of hydrogen-bond donors (Lipinski definition) is 0. The third-order valence-electron chi connectivity index (χ3n) is 4.19. The molecule has 0 saturated carbocycles. The standard InChI is InChI=1S/C6H16P2.4C5H7N2.U/c1-7(2)5-6-8(3)4;4*1-4-3-5(2)7-6-4;/h5-6H2,1-4H3;4*3H,1-2H3;/q;4*-1;+4/p+1. The second-order valence-electron chi connectivity index (χ2n) is 9.27. The van der Waals surface area contributed by atoms with E-state index in [1.54, 1.807) is 0 Å². The first kappa shape index (κ1) is 37.9. The van der Waals surface area contributed by atoms with Crippen molar-refractivity contribution in [3.05, 3.63) is 69.8 Å². The third kappa shape index (κ3) is 23.6. The van der Waals surface area contributed by atoms with Crippen molar-refractivity contribution < 1.29 is 31.1 Å². The molecule has 0 bridgehead atoms. The maximum absolute atomic E-state index is 3.77. The molecule has 0 aliphatic heterocycles. The summed E-state index contributed by atoms with van der Waals surface area (Å²) in [4.78, 5) is 0. The minimum absolute atomic E-state index is 0. The van der Waals surface area contributed by atoms with Gasteiger partial charge < -0.3 is 40.8 Å². The third-order valence-corrected chi connectivity index (χ3v) is 6.98. The van der Waals surface area contributed by atoms with Gasteiger partial charge in [-0.2, -0.15) is 0 Å². The monoisotopic (exact) mass is 769 g/mol. The molecule has 0 spiro atoms. The van der Waals surface area contributed by atoms with Crippen LogP contribution in [-0.4, -0.2) is 59.4 Å². The molecule has 11 heteroatoms. The summed E-state index contributed by atoms with van der Waals surface area (Å²) < 4.78 is 0. The largest absolute Gasteiger partial charge is 4.00 e. The van der Waals surface area contributed by atoms with Gasteiger partial charge in [0.15, 0.2) is 0 Å². The first-order chi connectivity index (χ1) is 16.8. The Kier molecular flexibility index (Phi) is 22.2. The van der Waals surface area contributed by atoms with E-state index in [1.807, 2.05) is 79.7 Å². The zero-order chi connectivity index (χ0) is 27.7. The van der Waals surface area contributed by atoms with Crippen LogP contribution in [-0.2, 0) is 0 Å². The van der Waals surface area contributed by atoms with Gasteiger partial charge >= 0.3 is 31.1 Å². The Labute approximate surface area is 250 Å². The van der Waals surface area contributed by atoms with Crippen LogP contribution in [0.5, 0.6) is 0 Å². The van der Waals surface area contributed by atoms with Crippen LogP contribution in [0.3, 0.4) is 0 Å². The minimum atomic E-state index is 0. The molecule has 0 unspecified atom stereocenters. The average molecular weight is 770 g/mol. The molecule has 0 saturated heterocycles. The minimum Gasteiger partial charge on any atom is -0.579 e. The van der Waals surface area contributed by atoms with Crippen molar-refractivity contribution in [2.75, 3.05) is 39.0 Å². The molecule has 0 N–H and O–H groups in total. The molecule has 0 fully saturated rings. The molecule has 4 aromatic heterocycles. The fourth-order valence-electron chi connectivity index (χ4n) is 2.52. The Hall–Kier alpha value is -1.25. The predicted octanol–water partition coefficient (Wildman–Crippen LogP) is 4.82. The Bertz CT molecular complexity index is 839. The van der Waals surface area contributed by atoms with Crippen LogP contribution in [0, 0.1) is 86.5 Å². The fourth-order valence-corrected chi connectivity index (χ4v) is 6.10. The molecular weight excluding hydrogens is 724 g/mol. The van der Waals surface area contributed by atoms with E-state index in [1.165, 1.54) is 12.3 Å². The zero-order valence-corrected chi connectivity index (χ0v) is 30.8. The van der Waals surface area contributed by atoms with Crippen molar-refractivity contribution in [3.8, 4) is 0 Å². The molecule has 0 aliphatic carbocycles. The second kappa shape index (κ2) is 21.7. The van der Waals surface area contributed by atoms with E-state index in [4.69, 9.17) is 0 Å². The van der Waals surface area contributed by atoms with Crippen molar-refractivity contribution >= 4 is 15.8 Å². The SMILES string of the molecule is CP(C)CC[PH+](C)C.Cc1cc(C)[n-]n1.Cc1cc(C)[n-]n1.Cc1cc(C)[n-]n1.Cc1cc(C)[n-]n1.[U+4]. The van der Waals surface area contributed by atoms with Gasteiger partial charge in [0.1, 0.15) is 0 Å². The Morgan fingerprint density at radius 3 is 0.865 bits per heavy atom. The summed E-state index contributed by atoms with van der Waals surface area (Å²) in [6, 6.07) is 7.78. The van der Waals surface area contributed by atoms with Crippen molar-refractivity contribution in [2.24, 2.45) is 0 Å². The van der Waals surface area contributed by atoms with Gasteiger partial charge in [-0.1, -0.05) is 52.0 Å². The smallest absolute Gasteiger partial charge is 0.579 e. The van der Waals surface area contributed by atoms with Gasteiger partial charge in [-0.15, -0.1) is 30.7 Å². The van der Waals surface area contributed by atoms with Crippen molar-refractivity contribution in [1.29, 1.82) is 0 Å². The fraction of sp³-hybridized carbons (Fsp3) is 0.538. The van der Waals surface area contributed by atoms with Crippen LogP contribution in [0.15, 0.2) is 24.3 Å². The van der Waals surface area contributed by atoms with Gasteiger partial charge in [-0.05, 0) is 48.9 Å². The predicted molar refractivity (Wildman–Crippen MR) is 157 cm³/mol. The van der Waals surface area contributed by atoms with E-state index in [-0.39, 0.29) is 39.0 Å². The van der Waals surface area contributed by atoms with Crippen molar-refractivity contribution in [2.45, 2.75) is 55.4 Å². The molecule has 4 aromatic rings. The molecule has 0 aliphatic rings. The summed E-state index contributed by atoms with van der Waals surface area (Å²) in [5.74, 6) is 0. The Morgan fingerprint density at radius 2 is 0.811 bits per heavy atom. The van der Waals surface area contributed by atoms with E-state index in [2.05, 4.69) is 67.4 Å². The second-order valence-corrected chi connectivity index (χ2v) is 14.8. The normalized spacial score (nSPS) is 9.57. The molecule has 0 atom stereocenters. The van der Waals surface area contributed by atoms with Gasteiger partial charge in [-0.3, -0.25) is 0 Å². The Balaban J connectivity index is 0. The van der Waals surface area contributed by atoms with E-state index in [0.29, 0.717) is 7.92 Å². The summed E-state index contributed by atoms with van der Waals surface area (Å²) in [6.07, 6.45) is 3.01. The average Bonchev–Trinajstić information content (AvgIpc) is 3.55. The zero-order valence-electron chi connectivity index (χ0n) is 24.7. The van der Waals surface area contributed by atoms with Gasteiger partial charge in [-0.25, -0.2) is 0 Å². The number of hydrogen-bond acceptors (Lipinski definition) is 4. The Morgan fingerprint density at radius 1 is 0.568 bits per heavy atom. The van der Waals surface area contributed by atoms with Gasteiger partial charge in [0.05, 0.1) is 6.16 Å². The molecular formula is C26H45N8P2U+. The van der Waals surface area contributed by atoms with Gasteiger partial charge in [0.25, 0.3) is 0 Å². The number of aromatic nitrogens is 8. The molecule has 8 nitrogen and oxygen atoms in total. The first-order valence-electron chi connectivity index (χ1n) is 12.0. The van der Waals surface area contributed by atoms with E-state index < -0.39 is 0 Å². The van der Waals surface area contributed by atoms with Crippen molar-refractivity contribution in [3.63, 3.8) is 0 Å². The molecule has 4 heterocycles. The summed E-state index contributed by atoms with van der Waals surface area (Å²) in [5, 5.41) is 30.1. The van der Waals surface area contributed by atoms with Crippen LogP contribution in [0.25, 0.3) is 0 Å². The molecule has 0 amide bonds. The molecule has 0 aromatic carbocycles. The molecule has 202 valence electrons. The molecule has 4 rings (SSSR count). The quantitative estimate of drug-likeness (QED) is 0.273. The van der Waals surface area contributed by atoms with E-state index in [9.17, 15) is 0 Å². The molecule has 0 radical (unpaired) electrons. The number of rotatable bonds is 3. The first-order valence-corrected chi connectivity index (χ1v) is 17.1. The van der Waals surface area contributed by atoms with Gasteiger partial charge in [0.2, 0.25) is 0 Å².